The third kappa shape index (κ3) is 3.69. The lowest BCUT2D eigenvalue weighted by Gasteiger charge is -2.13. The quantitative estimate of drug-likeness (QED) is 0.809. The summed E-state index contributed by atoms with van der Waals surface area (Å²) in [6.45, 7) is 3.85. The highest BCUT2D eigenvalue weighted by Gasteiger charge is 2.10. The van der Waals surface area contributed by atoms with Gasteiger partial charge in [0, 0.05) is 9.26 Å². The molecule has 0 saturated carbocycles. The maximum absolute atomic E-state index is 6.00. The van der Waals surface area contributed by atoms with E-state index in [-0.39, 0.29) is 6.10 Å². The predicted molar refractivity (Wildman–Crippen MR) is 84.7 cm³/mol. The van der Waals surface area contributed by atoms with Gasteiger partial charge in [0.2, 0.25) is 5.88 Å². The van der Waals surface area contributed by atoms with Crippen LogP contribution in [0.25, 0.3) is 0 Å². The first kappa shape index (κ1) is 13.9. The number of anilines is 3. The van der Waals surface area contributed by atoms with Gasteiger partial charge in [-0.25, -0.2) is 4.98 Å². The Hall–Kier alpha value is -1.57. The van der Waals surface area contributed by atoms with Crippen LogP contribution in [0.4, 0.5) is 17.2 Å². The fourth-order valence-electron chi connectivity index (χ4n) is 1.50. The van der Waals surface area contributed by atoms with E-state index in [9.17, 15) is 0 Å². The second-order valence-corrected chi connectivity index (χ2v) is 5.49. The molecule has 6 heteroatoms. The SMILES string of the molecule is CC(C)Oc1ncnc(Nc2cccc(I)c2)c1N. The third-order valence-corrected chi connectivity index (χ3v) is 2.95. The molecule has 0 spiro atoms. The molecule has 100 valence electrons. The molecular weight excluding hydrogens is 355 g/mol. The zero-order valence-corrected chi connectivity index (χ0v) is 12.9. The maximum atomic E-state index is 6.00. The van der Waals surface area contributed by atoms with E-state index in [1.807, 2.05) is 38.1 Å². The molecule has 0 radical (unpaired) electrons. The standard InChI is InChI=1S/C13H15IN4O/c1-8(2)19-13-11(15)12(16-7-17-13)18-10-5-3-4-9(14)6-10/h3-8H,15H2,1-2H3,(H,16,17,18). The van der Waals surface area contributed by atoms with E-state index in [4.69, 9.17) is 10.5 Å². The topological polar surface area (TPSA) is 73.1 Å². The van der Waals surface area contributed by atoms with Crippen LogP contribution in [-0.2, 0) is 0 Å². The van der Waals surface area contributed by atoms with Crippen LogP contribution >= 0.6 is 22.6 Å². The smallest absolute Gasteiger partial charge is 0.242 e. The number of aromatic nitrogens is 2. The summed E-state index contributed by atoms with van der Waals surface area (Å²) < 4.78 is 6.66. The van der Waals surface area contributed by atoms with Gasteiger partial charge in [0.25, 0.3) is 0 Å². The second kappa shape index (κ2) is 6.05. The number of benzene rings is 1. The van der Waals surface area contributed by atoms with Crippen LogP contribution in [-0.4, -0.2) is 16.1 Å². The lowest BCUT2D eigenvalue weighted by atomic mass is 10.3. The van der Waals surface area contributed by atoms with Crippen molar-refractivity contribution < 1.29 is 4.74 Å². The molecule has 0 aliphatic heterocycles. The molecule has 0 unspecified atom stereocenters. The summed E-state index contributed by atoms with van der Waals surface area (Å²) in [5.74, 6) is 0.950. The Labute approximate surface area is 125 Å². The van der Waals surface area contributed by atoms with Crippen LogP contribution in [0.1, 0.15) is 13.8 Å². The molecule has 0 bridgehead atoms. The van der Waals surface area contributed by atoms with Gasteiger partial charge in [0.15, 0.2) is 5.82 Å². The predicted octanol–water partition coefficient (Wildman–Crippen LogP) is 3.19. The van der Waals surface area contributed by atoms with Crippen molar-refractivity contribution in [3.05, 3.63) is 34.2 Å². The molecule has 1 aromatic carbocycles. The molecule has 0 aliphatic rings. The molecule has 2 rings (SSSR count). The number of nitrogens with two attached hydrogens (primary N) is 1. The van der Waals surface area contributed by atoms with Crippen molar-refractivity contribution in [2.75, 3.05) is 11.1 Å². The Kier molecular flexibility index (Phi) is 4.41. The lowest BCUT2D eigenvalue weighted by molar-refractivity contribution is 0.234. The van der Waals surface area contributed by atoms with Gasteiger partial charge in [-0.2, -0.15) is 4.98 Å². The van der Waals surface area contributed by atoms with Gasteiger partial charge in [0.05, 0.1) is 6.10 Å². The van der Waals surface area contributed by atoms with Gasteiger partial charge in [-0.15, -0.1) is 0 Å². The minimum absolute atomic E-state index is 0.0164. The maximum Gasteiger partial charge on any atom is 0.242 e. The normalized spacial score (nSPS) is 10.5. The number of nitrogens with zero attached hydrogens (tertiary/aromatic N) is 2. The molecule has 2 aromatic rings. The number of hydrogen-bond donors (Lipinski definition) is 2. The van der Waals surface area contributed by atoms with E-state index < -0.39 is 0 Å². The van der Waals surface area contributed by atoms with Gasteiger partial charge in [-0.05, 0) is 54.6 Å². The Balaban J connectivity index is 2.25. The van der Waals surface area contributed by atoms with E-state index in [2.05, 4.69) is 37.9 Å². The summed E-state index contributed by atoms with van der Waals surface area (Å²) in [5, 5.41) is 3.17. The Morgan fingerprint density at radius 3 is 2.79 bits per heavy atom. The van der Waals surface area contributed by atoms with E-state index in [0.29, 0.717) is 17.4 Å². The zero-order valence-electron chi connectivity index (χ0n) is 10.7. The Morgan fingerprint density at radius 1 is 1.32 bits per heavy atom. The summed E-state index contributed by atoms with van der Waals surface area (Å²) in [6, 6.07) is 7.94. The monoisotopic (exact) mass is 370 g/mol. The summed E-state index contributed by atoms with van der Waals surface area (Å²) in [5.41, 5.74) is 7.34. The van der Waals surface area contributed by atoms with E-state index >= 15 is 0 Å². The minimum Gasteiger partial charge on any atom is -0.473 e. The van der Waals surface area contributed by atoms with Gasteiger partial charge in [0.1, 0.15) is 12.0 Å². The average Bonchev–Trinajstić information content (AvgIpc) is 2.34. The van der Waals surface area contributed by atoms with Crippen molar-refractivity contribution in [1.82, 2.24) is 9.97 Å². The number of hydrogen-bond acceptors (Lipinski definition) is 5. The molecule has 0 atom stereocenters. The van der Waals surface area contributed by atoms with Crippen LogP contribution in [0.15, 0.2) is 30.6 Å². The highest BCUT2D eigenvalue weighted by molar-refractivity contribution is 14.1. The molecule has 3 N–H and O–H groups in total. The number of ether oxygens (including phenoxy) is 1. The molecule has 5 nitrogen and oxygen atoms in total. The van der Waals surface area contributed by atoms with Crippen molar-refractivity contribution in [3.8, 4) is 5.88 Å². The zero-order chi connectivity index (χ0) is 13.8. The molecule has 19 heavy (non-hydrogen) atoms. The summed E-state index contributed by atoms with van der Waals surface area (Å²) in [4.78, 5) is 8.18. The number of rotatable bonds is 4. The summed E-state index contributed by atoms with van der Waals surface area (Å²) in [7, 11) is 0. The highest BCUT2D eigenvalue weighted by atomic mass is 127. The first-order chi connectivity index (χ1) is 9.06. The van der Waals surface area contributed by atoms with Gasteiger partial charge >= 0.3 is 0 Å². The fourth-order valence-corrected chi connectivity index (χ4v) is 2.04. The first-order valence-corrected chi connectivity index (χ1v) is 6.94. The van der Waals surface area contributed by atoms with E-state index in [0.717, 1.165) is 9.26 Å². The summed E-state index contributed by atoms with van der Waals surface area (Å²) >= 11 is 2.25. The van der Waals surface area contributed by atoms with Crippen molar-refractivity contribution in [3.63, 3.8) is 0 Å². The highest BCUT2D eigenvalue weighted by Crippen LogP contribution is 2.28. The minimum atomic E-state index is 0.0164. The largest absolute Gasteiger partial charge is 0.473 e. The lowest BCUT2D eigenvalue weighted by Crippen LogP contribution is -2.10. The Bertz CT molecular complexity index is 574. The third-order valence-electron chi connectivity index (χ3n) is 2.28. The second-order valence-electron chi connectivity index (χ2n) is 4.24. The van der Waals surface area contributed by atoms with Gasteiger partial charge < -0.3 is 15.8 Å². The Morgan fingerprint density at radius 2 is 2.11 bits per heavy atom. The van der Waals surface area contributed by atoms with E-state index in [1.54, 1.807) is 0 Å². The molecule has 0 saturated heterocycles. The number of halogens is 1. The van der Waals surface area contributed by atoms with Crippen LogP contribution < -0.4 is 15.8 Å². The van der Waals surface area contributed by atoms with Crippen LogP contribution in [0.2, 0.25) is 0 Å². The molecule has 0 aliphatic carbocycles. The molecule has 0 amide bonds. The first-order valence-electron chi connectivity index (χ1n) is 5.86. The van der Waals surface area contributed by atoms with Crippen LogP contribution in [0, 0.1) is 3.57 Å². The molecule has 1 heterocycles. The summed E-state index contributed by atoms with van der Waals surface area (Å²) in [6.07, 6.45) is 1.45. The van der Waals surface area contributed by atoms with Crippen molar-refractivity contribution >= 4 is 39.8 Å². The molecular formula is C13H15IN4O. The van der Waals surface area contributed by atoms with Gasteiger partial charge in [-0.3, -0.25) is 0 Å². The van der Waals surface area contributed by atoms with Crippen molar-refractivity contribution in [1.29, 1.82) is 0 Å². The average molecular weight is 370 g/mol. The number of nitrogens with one attached hydrogen (secondary N) is 1. The van der Waals surface area contributed by atoms with Crippen molar-refractivity contribution in [2.24, 2.45) is 0 Å². The van der Waals surface area contributed by atoms with Crippen molar-refractivity contribution in [2.45, 2.75) is 20.0 Å². The molecule has 1 aromatic heterocycles. The number of nitrogen functional groups attached to an aromatic ring is 1. The fraction of sp³-hybridized carbons (Fsp3) is 0.231. The van der Waals surface area contributed by atoms with E-state index in [1.165, 1.54) is 6.33 Å². The molecule has 0 fully saturated rings. The van der Waals surface area contributed by atoms with Crippen LogP contribution in [0.5, 0.6) is 5.88 Å². The van der Waals surface area contributed by atoms with Gasteiger partial charge in [-0.1, -0.05) is 6.07 Å². The van der Waals surface area contributed by atoms with Crippen LogP contribution in [0.3, 0.4) is 0 Å².